The lowest BCUT2D eigenvalue weighted by atomic mass is 10.3. The van der Waals surface area contributed by atoms with Crippen molar-refractivity contribution in [2.75, 3.05) is 46.6 Å². The number of hydrogen-bond donors (Lipinski definition) is 2. The van der Waals surface area contributed by atoms with Crippen molar-refractivity contribution in [2.24, 2.45) is 4.99 Å². The van der Waals surface area contributed by atoms with Gasteiger partial charge in [0.2, 0.25) is 0 Å². The summed E-state index contributed by atoms with van der Waals surface area (Å²) in [5, 5.41) is 7.17. The van der Waals surface area contributed by atoms with Gasteiger partial charge < -0.3 is 24.8 Å². The van der Waals surface area contributed by atoms with Crippen LogP contribution in [0, 0.1) is 0 Å². The van der Waals surface area contributed by atoms with E-state index < -0.39 is 0 Å². The number of benzene rings is 1. The molecule has 0 bridgehead atoms. The third kappa shape index (κ3) is 9.48. The molecule has 0 radical (unpaired) electrons. The Hall–Kier alpha value is -0.770. The molecule has 0 aromatic heterocycles. The number of hydrogen-bond acceptors (Lipinski definition) is 4. The van der Waals surface area contributed by atoms with Gasteiger partial charge in [0.15, 0.2) is 5.96 Å². The quantitative estimate of drug-likeness (QED) is 0.245. The second kappa shape index (κ2) is 13.4. The van der Waals surface area contributed by atoms with Gasteiger partial charge in [-0.2, -0.15) is 0 Å². The van der Waals surface area contributed by atoms with Crippen LogP contribution in [0.4, 0.5) is 0 Å². The third-order valence-electron chi connectivity index (χ3n) is 3.56. The van der Waals surface area contributed by atoms with E-state index in [4.69, 9.17) is 25.8 Å². The Labute approximate surface area is 171 Å². The van der Waals surface area contributed by atoms with Crippen molar-refractivity contribution in [1.29, 1.82) is 0 Å². The molecule has 0 amide bonds. The molecule has 6 nitrogen and oxygen atoms in total. The average Bonchev–Trinajstić information content (AvgIpc) is 3.11. The normalized spacial score (nSPS) is 17.0. The summed E-state index contributed by atoms with van der Waals surface area (Å²) in [7, 11) is 1.75. The van der Waals surface area contributed by atoms with Crippen molar-refractivity contribution in [2.45, 2.75) is 18.9 Å². The summed E-state index contributed by atoms with van der Waals surface area (Å²) in [5.74, 6) is 1.57. The summed E-state index contributed by atoms with van der Waals surface area (Å²) < 4.78 is 16.6. The number of nitrogens with one attached hydrogen (secondary N) is 2. The van der Waals surface area contributed by atoms with Crippen molar-refractivity contribution in [3.05, 3.63) is 29.3 Å². The van der Waals surface area contributed by atoms with Gasteiger partial charge in [-0.25, -0.2) is 0 Å². The summed E-state index contributed by atoms with van der Waals surface area (Å²) in [6, 6.07) is 7.32. The molecule has 1 saturated heterocycles. The second-order valence-electron chi connectivity index (χ2n) is 5.44. The van der Waals surface area contributed by atoms with Gasteiger partial charge in [0.1, 0.15) is 12.4 Å². The Bertz CT molecular complexity index is 496. The van der Waals surface area contributed by atoms with E-state index >= 15 is 0 Å². The summed E-state index contributed by atoms with van der Waals surface area (Å²) in [6.07, 6.45) is 2.20. The highest BCUT2D eigenvalue weighted by atomic mass is 127. The maximum absolute atomic E-state index is 5.83. The lowest BCUT2D eigenvalue weighted by molar-refractivity contribution is 0.0420. The summed E-state index contributed by atoms with van der Waals surface area (Å²) in [6.45, 7) is 4.30. The van der Waals surface area contributed by atoms with Crippen LogP contribution in [0.1, 0.15) is 12.8 Å². The fourth-order valence-corrected chi connectivity index (χ4v) is 2.39. The highest BCUT2D eigenvalue weighted by molar-refractivity contribution is 14.0. The number of nitrogens with zero attached hydrogens (tertiary/aromatic N) is 1. The van der Waals surface area contributed by atoms with Gasteiger partial charge in [-0.15, -0.1) is 24.0 Å². The third-order valence-corrected chi connectivity index (χ3v) is 3.81. The first kappa shape index (κ1) is 22.3. The molecule has 1 aromatic rings. The Morgan fingerprint density at radius 3 is 2.68 bits per heavy atom. The van der Waals surface area contributed by atoms with E-state index in [0.29, 0.717) is 18.2 Å². The zero-order chi connectivity index (χ0) is 17.0. The lowest BCUT2D eigenvalue weighted by Gasteiger charge is -2.13. The Morgan fingerprint density at radius 2 is 2.00 bits per heavy atom. The van der Waals surface area contributed by atoms with Gasteiger partial charge in [0, 0.05) is 31.8 Å². The molecule has 1 heterocycles. The van der Waals surface area contributed by atoms with Crippen molar-refractivity contribution < 1.29 is 14.2 Å². The molecule has 1 fully saturated rings. The molecule has 2 rings (SSSR count). The van der Waals surface area contributed by atoms with Gasteiger partial charge in [0.05, 0.1) is 19.3 Å². The average molecular weight is 484 g/mol. The molecule has 8 heteroatoms. The standard InChI is InChI=1S/C17H26ClN3O3.HI/c1-19-17(20-8-2-10-23-16-7-11-22-13-16)21-9-12-24-15-5-3-14(18)4-6-15;/h3-6,16H,2,7-13H2,1H3,(H2,19,20,21);1H. The van der Waals surface area contributed by atoms with Crippen LogP contribution in [-0.2, 0) is 9.47 Å². The monoisotopic (exact) mass is 483 g/mol. The molecule has 25 heavy (non-hydrogen) atoms. The fraction of sp³-hybridized carbons (Fsp3) is 0.588. The van der Waals surface area contributed by atoms with E-state index in [1.807, 2.05) is 24.3 Å². The molecular weight excluding hydrogens is 457 g/mol. The van der Waals surface area contributed by atoms with Crippen molar-refractivity contribution in [3.8, 4) is 5.75 Å². The summed E-state index contributed by atoms with van der Waals surface area (Å²) in [4.78, 5) is 4.18. The Balaban J connectivity index is 0.00000312. The van der Waals surface area contributed by atoms with Crippen LogP contribution in [-0.4, -0.2) is 58.6 Å². The Kier molecular flexibility index (Phi) is 12.0. The molecule has 1 unspecified atom stereocenters. The van der Waals surface area contributed by atoms with Crippen molar-refractivity contribution in [3.63, 3.8) is 0 Å². The van der Waals surface area contributed by atoms with Crippen LogP contribution in [0.2, 0.25) is 5.02 Å². The molecule has 0 aliphatic carbocycles. The van der Waals surface area contributed by atoms with E-state index in [0.717, 1.165) is 50.9 Å². The maximum Gasteiger partial charge on any atom is 0.191 e. The van der Waals surface area contributed by atoms with E-state index in [2.05, 4.69) is 15.6 Å². The van der Waals surface area contributed by atoms with Gasteiger partial charge in [-0.1, -0.05) is 11.6 Å². The molecule has 1 aliphatic rings. The lowest BCUT2D eigenvalue weighted by Crippen LogP contribution is -2.40. The van der Waals surface area contributed by atoms with E-state index in [9.17, 15) is 0 Å². The summed E-state index contributed by atoms with van der Waals surface area (Å²) in [5.41, 5.74) is 0. The number of aliphatic imine (C=N–C) groups is 1. The highest BCUT2D eigenvalue weighted by Gasteiger charge is 2.15. The van der Waals surface area contributed by atoms with Crippen molar-refractivity contribution >= 4 is 41.5 Å². The van der Waals surface area contributed by atoms with Crippen molar-refractivity contribution in [1.82, 2.24) is 10.6 Å². The van der Waals surface area contributed by atoms with Crippen LogP contribution < -0.4 is 15.4 Å². The van der Waals surface area contributed by atoms with E-state index in [1.165, 1.54) is 0 Å². The van der Waals surface area contributed by atoms with Gasteiger partial charge in [0.25, 0.3) is 0 Å². The van der Waals surface area contributed by atoms with E-state index in [1.54, 1.807) is 7.05 Å². The van der Waals surface area contributed by atoms with Crippen LogP contribution >= 0.6 is 35.6 Å². The molecule has 2 N–H and O–H groups in total. The first-order valence-electron chi connectivity index (χ1n) is 8.30. The van der Waals surface area contributed by atoms with Gasteiger partial charge in [-0.05, 0) is 37.1 Å². The number of rotatable bonds is 9. The van der Waals surface area contributed by atoms with Gasteiger partial charge in [-0.3, -0.25) is 4.99 Å². The minimum Gasteiger partial charge on any atom is -0.492 e. The Morgan fingerprint density at radius 1 is 1.24 bits per heavy atom. The zero-order valence-electron chi connectivity index (χ0n) is 14.5. The first-order valence-corrected chi connectivity index (χ1v) is 8.68. The van der Waals surface area contributed by atoms with E-state index in [-0.39, 0.29) is 30.1 Å². The molecule has 0 spiro atoms. The zero-order valence-corrected chi connectivity index (χ0v) is 17.6. The largest absolute Gasteiger partial charge is 0.492 e. The molecule has 1 aliphatic heterocycles. The molecule has 0 saturated carbocycles. The molecular formula is C17H27ClIN3O3. The molecule has 1 atom stereocenters. The predicted octanol–water partition coefficient (Wildman–Crippen LogP) is 2.70. The highest BCUT2D eigenvalue weighted by Crippen LogP contribution is 2.15. The number of ether oxygens (including phenoxy) is 3. The first-order chi connectivity index (χ1) is 11.8. The fourth-order valence-electron chi connectivity index (χ4n) is 2.26. The minimum atomic E-state index is 0. The smallest absolute Gasteiger partial charge is 0.191 e. The predicted molar refractivity (Wildman–Crippen MR) is 112 cm³/mol. The molecule has 142 valence electrons. The van der Waals surface area contributed by atoms with Crippen LogP contribution in [0.3, 0.4) is 0 Å². The van der Waals surface area contributed by atoms with Gasteiger partial charge >= 0.3 is 0 Å². The number of halogens is 2. The molecule has 1 aromatic carbocycles. The van der Waals surface area contributed by atoms with Crippen LogP contribution in [0.15, 0.2) is 29.3 Å². The number of guanidine groups is 1. The van der Waals surface area contributed by atoms with Crippen LogP contribution in [0.25, 0.3) is 0 Å². The minimum absolute atomic E-state index is 0. The SMILES string of the molecule is CN=C(NCCCOC1CCOC1)NCCOc1ccc(Cl)cc1.I. The summed E-state index contributed by atoms with van der Waals surface area (Å²) >= 11 is 5.83. The van der Waals surface area contributed by atoms with Crippen LogP contribution in [0.5, 0.6) is 5.75 Å². The maximum atomic E-state index is 5.83. The topological polar surface area (TPSA) is 64.1 Å². The second-order valence-corrected chi connectivity index (χ2v) is 5.87.